The Labute approximate surface area is 504 Å². The highest BCUT2D eigenvalue weighted by Gasteiger charge is 2.37. The van der Waals surface area contributed by atoms with Crippen LogP contribution < -0.4 is 9.99 Å². The molecule has 0 unspecified atom stereocenters. The lowest BCUT2D eigenvalue weighted by molar-refractivity contribution is 0.397. The molecular formula is C72H71Cl3N2O4P2. The molecule has 0 bridgehead atoms. The Balaban J connectivity index is 0.000000132. The first kappa shape index (κ1) is 57.4. The van der Waals surface area contributed by atoms with E-state index in [-0.39, 0.29) is 11.5 Å². The van der Waals surface area contributed by atoms with Crippen molar-refractivity contribution in [1.82, 2.24) is 5.32 Å². The fourth-order valence-corrected chi connectivity index (χ4v) is 15.6. The largest absolute Gasteiger partial charge is 0.507 e. The summed E-state index contributed by atoms with van der Waals surface area (Å²) in [6, 6.07) is 69.2. The van der Waals surface area contributed by atoms with Crippen molar-refractivity contribution < 1.29 is 18.6 Å². The predicted molar refractivity (Wildman–Crippen MR) is 355 cm³/mol. The number of halogens is 3. The van der Waals surface area contributed by atoms with Gasteiger partial charge in [-0.05, 0) is 141 Å². The van der Waals surface area contributed by atoms with Gasteiger partial charge in [-0.1, -0.05) is 255 Å². The molecule has 0 amide bonds. The summed E-state index contributed by atoms with van der Waals surface area (Å²) in [7, 11) is -1.38. The second kappa shape index (κ2) is 26.9. The van der Waals surface area contributed by atoms with Gasteiger partial charge in [-0.3, -0.25) is 0 Å². The average Bonchev–Trinajstić information content (AvgIpc) is 3.92. The van der Waals surface area contributed by atoms with Crippen LogP contribution in [0.4, 0.5) is 0 Å². The third-order valence-electron chi connectivity index (χ3n) is 17.7. The van der Waals surface area contributed by atoms with E-state index in [1.165, 1.54) is 123 Å². The molecule has 4 aliphatic rings. The van der Waals surface area contributed by atoms with E-state index < -0.39 is 14.1 Å². The summed E-state index contributed by atoms with van der Waals surface area (Å²) in [6.07, 6.45) is 20.9. The molecule has 15 rings (SSSR count). The molecule has 3 N–H and O–H groups in total. The number of benzene rings is 10. The number of fused-ring (bicyclic) bond motifs is 11. The number of hydrogen-bond donors (Lipinski definition) is 3. The van der Waals surface area contributed by atoms with Crippen LogP contribution in [0.3, 0.4) is 0 Å². The first-order valence-electron chi connectivity index (χ1n) is 29.9. The number of nitrogens with zero attached hydrogens (tertiary/aromatic N) is 1. The van der Waals surface area contributed by atoms with Crippen molar-refractivity contribution in [2.45, 2.75) is 127 Å². The number of nitrogens with one attached hydrogen (secondary N) is 1. The van der Waals surface area contributed by atoms with Gasteiger partial charge in [0.1, 0.15) is 22.7 Å². The highest BCUT2D eigenvalue weighted by Crippen LogP contribution is 2.52. The maximum absolute atomic E-state index is 10.4. The minimum absolute atomic E-state index is 0.172. The molecule has 1 heterocycles. The van der Waals surface area contributed by atoms with Crippen molar-refractivity contribution in [3.63, 3.8) is 0 Å². The number of phenolic OH excluding ortho intramolecular Hbond substituents is 2. The zero-order valence-electron chi connectivity index (χ0n) is 46.8. The highest BCUT2D eigenvalue weighted by molar-refractivity contribution is 8.20. The number of aryl methyl sites for hydroxylation is 2. The first-order chi connectivity index (χ1) is 40.8. The molecule has 0 spiro atoms. The van der Waals surface area contributed by atoms with Crippen molar-refractivity contribution in [3.8, 4) is 22.6 Å². The highest BCUT2D eigenvalue weighted by atomic mass is 36.0. The second-order valence-corrected chi connectivity index (χ2v) is 29.0. The van der Waals surface area contributed by atoms with E-state index in [1.807, 2.05) is 60.7 Å². The Morgan fingerprint density at radius 2 is 0.819 bits per heavy atom. The van der Waals surface area contributed by atoms with E-state index in [4.69, 9.17) is 42.1 Å². The molecule has 2 fully saturated rings. The Kier molecular flexibility index (Phi) is 18.6. The second-order valence-electron chi connectivity index (χ2n) is 22.7. The molecule has 0 saturated heterocycles. The Morgan fingerprint density at radius 1 is 0.422 bits per heavy atom. The lowest BCUT2D eigenvalue weighted by Gasteiger charge is -2.33. The summed E-state index contributed by atoms with van der Waals surface area (Å²) in [5.74, 6) is -0.860. The SMILES string of the molecule is ClP(Cl)Cl.Oc1ccc2ccccc2c1-c1c(O)ccc2ccccc12.c1ccc2c(c1)CC[C@@H]2N(C1CCCCCC1)p1oc2ccc3ccccc3c2c2c(ccc3ccccc32)o1.c1ccc2c(c1)CC[C@@H]2NC1CCCCCC1. The molecule has 2 saturated carbocycles. The molecular weight excluding hydrogens is 1130 g/mol. The van der Waals surface area contributed by atoms with Gasteiger partial charge in [-0.25, -0.2) is 0 Å². The molecule has 4 aliphatic carbocycles. The van der Waals surface area contributed by atoms with E-state index in [0.29, 0.717) is 29.3 Å². The van der Waals surface area contributed by atoms with Crippen LogP contribution in [0.1, 0.15) is 124 Å². The predicted octanol–water partition coefficient (Wildman–Crippen LogP) is 22.9. The zero-order valence-corrected chi connectivity index (χ0v) is 50.8. The Hall–Kier alpha value is -6.04. The van der Waals surface area contributed by atoms with Crippen molar-refractivity contribution >= 4 is 113 Å². The lowest BCUT2D eigenvalue weighted by atomic mass is 9.92. The summed E-state index contributed by atoms with van der Waals surface area (Å²) >= 11 is 14.6. The standard InChI is InChI=1S/C36H34NO2P.C20H14O2.C16H23N.Cl3P/c1-2-4-15-28(14-3-1)37(32-22-19-25-11-5-8-16-29(25)32)40-38-33-23-20-26-12-6-9-17-30(26)35(33)36-31-18-10-7-13-27(31)21-24-34(36)39-40;21-17-11-9-13-5-1-3-7-15(13)19(17)20-16-8-4-2-6-14(16)10-12-18(20)22;1-2-4-9-14(8-3-1)17-16-12-11-13-7-5-6-10-15(13)16;1-4(2)3/h5-13,16-18,20-21,23-24,28,32H,1-4,14-15,19,22H2;1-12,21-22H;5-7,10,14,16-17H,1-4,8-9,11-12H2;/t32-;;16-;/m0.0./s1. The topological polar surface area (TPSA) is 82.0 Å². The minimum atomic E-state index is -1.38. The van der Waals surface area contributed by atoms with Gasteiger partial charge in [0.05, 0.1) is 0 Å². The maximum Gasteiger partial charge on any atom is 0.310 e. The van der Waals surface area contributed by atoms with Gasteiger partial charge in [0.15, 0.2) is 5.98 Å². The lowest BCUT2D eigenvalue weighted by Crippen LogP contribution is -2.35. The van der Waals surface area contributed by atoms with Crippen molar-refractivity contribution in [1.29, 1.82) is 0 Å². The molecule has 6 nitrogen and oxygen atoms in total. The van der Waals surface area contributed by atoms with Crippen LogP contribution in [0.5, 0.6) is 11.5 Å². The smallest absolute Gasteiger partial charge is 0.310 e. The van der Waals surface area contributed by atoms with Gasteiger partial charge in [-0.2, -0.15) is 4.67 Å². The van der Waals surface area contributed by atoms with Gasteiger partial charge in [0, 0.05) is 46.1 Å². The molecule has 11 aromatic rings. The molecule has 11 heteroatoms. The fraction of sp³-hybridized carbons (Fsp3) is 0.278. The van der Waals surface area contributed by atoms with E-state index in [0.717, 1.165) is 62.4 Å². The average molecular weight is 1200 g/mol. The van der Waals surface area contributed by atoms with Gasteiger partial charge in [0.2, 0.25) is 0 Å². The molecule has 424 valence electrons. The molecule has 2 atom stereocenters. The van der Waals surface area contributed by atoms with Crippen LogP contribution in [0, 0.1) is 0 Å². The molecule has 10 aromatic carbocycles. The molecule has 0 radical (unpaired) electrons. The van der Waals surface area contributed by atoms with Crippen LogP contribution in [0.2, 0.25) is 0 Å². The minimum Gasteiger partial charge on any atom is -0.507 e. The quantitative estimate of drug-likeness (QED) is 0.114. The maximum atomic E-state index is 10.4. The van der Waals surface area contributed by atoms with Gasteiger partial charge >= 0.3 is 8.16 Å². The number of phenols is 2. The third kappa shape index (κ3) is 12.8. The first-order valence-corrected chi connectivity index (χ1v) is 35.0. The van der Waals surface area contributed by atoms with Crippen LogP contribution in [0.15, 0.2) is 203 Å². The van der Waals surface area contributed by atoms with E-state index in [1.54, 1.807) is 23.3 Å². The van der Waals surface area contributed by atoms with Crippen LogP contribution in [-0.2, 0) is 12.8 Å². The summed E-state index contributed by atoms with van der Waals surface area (Å²) in [5.41, 5.74) is 9.29. The summed E-state index contributed by atoms with van der Waals surface area (Å²) < 4.78 is 17.0. The van der Waals surface area contributed by atoms with E-state index >= 15 is 0 Å². The van der Waals surface area contributed by atoms with E-state index in [2.05, 4.69) is 131 Å². The molecule has 1 aromatic heterocycles. The van der Waals surface area contributed by atoms with Crippen LogP contribution in [0.25, 0.3) is 76.2 Å². The summed E-state index contributed by atoms with van der Waals surface area (Å²) in [6.45, 7) is 0. The van der Waals surface area contributed by atoms with Crippen molar-refractivity contribution in [3.05, 3.63) is 216 Å². The third-order valence-corrected chi connectivity index (χ3v) is 19.4. The van der Waals surface area contributed by atoms with Gasteiger partial charge < -0.3 is 23.9 Å². The zero-order chi connectivity index (χ0) is 56.7. The monoisotopic (exact) mass is 1190 g/mol. The van der Waals surface area contributed by atoms with Crippen molar-refractivity contribution in [2.24, 2.45) is 0 Å². The Morgan fingerprint density at radius 3 is 1.34 bits per heavy atom. The Bertz CT molecular complexity index is 3900. The normalized spacial score (nSPS) is 17.3. The van der Waals surface area contributed by atoms with Crippen molar-refractivity contribution in [2.75, 3.05) is 4.67 Å². The van der Waals surface area contributed by atoms with Crippen LogP contribution in [-0.4, -0.2) is 22.3 Å². The van der Waals surface area contributed by atoms with Gasteiger partial charge in [0.25, 0.3) is 0 Å². The van der Waals surface area contributed by atoms with Gasteiger partial charge in [-0.15, -0.1) is 0 Å². The van der Waals surface area contributed by atoms with Crippen LogP contribution >= 0.6 is 47.9 Å². The summed E-state index contributed by atoms with van der Waals surface area (Å²) in [5, 5.41) is 35.9. The number of hydrogen-bond acceptors (Lipinski definition) is 6. The van der Waals surface area contributed by atoms with E-state index in [9.17, 15) is 10.2 Å². The summed E-state index contributed by atoms with van der Waals surface area (Å²) in [4.78, 5) is 0. The molecule has 0 aliphatic heterocycles. The fourth-order valence-electron chi connectivity index (χ4n) is 13.8. The number of aromatic hydroxyl groups is 2. The number of rotatable bonds is 6. The molecule has 83 heavy (non-hydrogen) atoms.